The van der Waals surface area contributed by atoms with Gasteiger partial charge in [-0.3, -0.25) is 4.90 Å². The number of hydrogen-bond acceptors (Lipinski definition) is 3. The minimum absolute atomic E-state index is 0.170. The van der Waals surface area contributed by atoms with E-state index in [1.54, 1.807) is 12.1 Å². The first-order valence-corrected chi connectivity index (χ1v) is 7.27. The van der Waals surface area contributed by atoms with Crippen molar-refractivity contribution in [3.8, 4) is 5.75 Å². The Kier molecular flexibility index (Phi) is 5.47. The Morgan fingerprint density at radius 2 is 2.00 bits per heavy atom. The largest absolute Gasteiger partial charge is 0.573 e. The molecule has 0 aromatic heterocycles. The van der Waals surface area contributed by atoms with E-state index in [0.717, 1.165) is 31.7 Å². The molecule has 1 fully saturated rings. The minimum Gasteiger partial charge on any atom is -0.406 e. The van der Waals surface area contributed by atoms with Gasteiger partial charge in [0.1, 0.15) is 5.75 Å². The summed E-state index contributed by atoms with van der Waals surface area (Å²) in [5.41, 5.74) is 1.01. The lowest BCUT2D eigenvalue weighted by Crippen LogP contribution is -2.37. The third kappa shape index (κ3) is 5.21. The van der Waals surface area contributed by atoms with Crippen LogP contribution < -0.4 is 10.1 Å². The van der Waals surface area contributed by atoms with Crippen LogP contribution in [0.2, 0.25) is 0 Å². The first-order chi connectivity index (χ1) is 9.98. The molecule has 21 heavy (non-hydrogen) atoms. The quantitative estimate of drug-likeness (QED) is 0.873. The van der Waals surface area contributed by atoms with Gasteiger partial charge in [0.15, 0.2) is 0 Å². The lowest BCUT2D eigenvalue weighted by Gasteiger charge is -2.24. The van der Waals surface area contributed by atoms with Crippen molar-refractivity contribution in [3.63, 3.8) is 0 Å². The second-order valence-corrected chi connectivity index (χ2v) is 5.27. The van der Waals surface area contributed by atoms with Crippen LogP contribution in [0.5, 0.6) is 5.75 Å². The molecule has 6 heteroatoms. The summed E-state index contributed by atoms with van der Waals surface area (Å²) in [5.74, 6) is -0.170. The molecular formula is C15H21F3N2O. The van der Waals surface area contributed by atoms with E-state index in [2.05, 4.69) is 21.9 Å². The van der Waals surface area contributed by atoms with Gasteiger partial charge in [-0.05, 0) is 43.6 Å². The van der Waals surface area contributed by atoms with E-state index in [0.29, 0.717) is 6.04 Å². The molecule has 1 aromatic carbocycles. The summed E-state index contributed by atoms with van der Waals surface area (Å²) in [5, 5.41) is 3.35. The Balaban J connectivity index is 1.90. The van der Waals surface area contributed by atoms with Gasteiger partial charge in [0, 0.05) is 19.1 Å². The molecule has 1 aliphatic heterocycles. The molecule has 1 saturated heterocycles. The van der Waals surface area contributed by atoms with E-state index in [-0.39, 0.29) is 5.75 Å². The van der Waals surface area contributed by atoms with Crippen molar-refractivity contribution >= 4 is 0 Å². The van der Waals surface area contributed by atoms with Gasteiger partial charge >= 0.3 is 6.36 Å². The Morgan fingerprint density at radius 1 is 1.29 bits per heavy atom. The van der Waals surface area contributed by atoms with Gasteiger partial charge in [0.2, 0.25) is 0 Å². The number of ether oxygens (including phenoxy) is 1. The highest BCUT2D eigenvalue weighted by molar-refractivity contribution is 5.27. The lowest BCUT2D eigenvalue weighted by atomic mass is 10.1. The fourth-order valence-corrected chi connectivity index (χ4v) is 2.68. The van der Waals surface area contributed by atoms with Gasteiger partial charge in [-0.1, -0.05) is 19.1 Å². The molecule has 0 amide bonds. The highest BCUT2D eigenvalue weighted by Gasteiger charge is 2.31. The maximum atomic E-state index is 12.1. The van der Waals surface area contributed by atoms with E-state index >= 15 is 0 Å². The molecule has 0 bridgehead atoms. The summed E-state index contributed by atoms with van der Waals surface area (Å²) in [4.78, 5) is 2.38. The third-order valence-corrected chi connectivity index (χ3v) is 3.67. The number of nitrogens with zero attached hydrogens (tertiary/aromatic N) is 1. The van der Waals surface area contributed by atoms with Crippen LogP contribution in [0, 0.1) is 0 Å². The van der Waals surface area contributed by atoms with E-state index in [4.69, 9.17) is 0 Å². The van der Waals surface area contributed by atoms with Gasteiger partial charge in [-0.25, -0.2) is 0 Å². The van der Waals surface area contributed by atoms with Gasteiger partial charge in [0.25, 0.3) is 0 Å². The first kappa shape index (κ1) is 16.1. The molecule has 0 saturated carbocycles. The smallest absolute Gasteiger partial charge is 0.406 e. The van der Waals surface area contributed by atoms with Crippen LogP contribution >= 0.6 is 0 Å². The van der Waals surface area contributed by atoms with Crippen molar-refractivity contribution in [1.29, 1.82) is 0 Å². The fraction of sp³-hybridized carbons (Fsp3) is 0.600. The minimum atomic E-state index is -4.63. The monoisotopic (exact) mass is 302 g/mol. The number of alkyl halides is 3. The molecule has 1 atom stereocenters. The van der Waals surface area contributed by atoms with Crippen molar-refractivity contribution in [2.24, 2.45) is 0 Å². The Labute approximate surface area is 123 Å². The van der Waals surface area contributed by atoms with Crippen LogP contribution in [-0.2, 0) is 6.54 Å². The molecule has 1 unspecified atom stereocenters. The molecule has 1 heterocycles. The standard InChI is InChI=1S/C15H21F3N2O/c1-2-19-10-13-4-3-9-20(13)11-12-5-7-14(8-6-12)21-15(16,17)18/h5-8,13,19H,2-4,9-11H2,1H3. The maximum absolute atomic E-state index is 12.1. The predicted octanol–water partition coefficient (Wildman–Crippen LogP) is 3.16. The zero-order valence-electron chi connectivity index (χ0n) is 12.1. The summed E-state index contributed by atoms with van der Waals surface area (Å²) < 4.78 is 40.2. The number of likely N-dealkylation sites (tertiary alicyclic amines) is 1. The topological polar surface area (TPSA) is 24.5 Å². The van der Waals surface area contributed by atoms with E-state index < -0.39 is 6.36 Å². The zero-order chi connectivity index (χ0) is 15.3. The van der Waals surface area contributed by atoms with E-state index in [1.165, 1.54) is 25.0 Å². The van der Waals surface area contributed by atoms with E-state index in [9.17, 15) is 13.2 Å². The summed E-state index contributed by atoms with van der Waals surface area (Å²) in [6.07, 6.45) is -2.29. The van der Waals surface area contributed by atoms with Crippen LogP contribution in [0.3, 0.4) is 0 Å². The first-order valence-electron chi connectivity index (χ1n) is 7.27. The fourth-order valence-electron chi connectivity index (χ4n) is 2.68. The number of rotatable bonds is 6. The summed E-state index contributed by atoms with van der Waals surface area (Å²) >= 11 is 0. The number of benzene rings is 1. The SMILES string of the molecule is CCNCC1CCCN1Cc1ccc(OC(F)(F)F)cc1. The highest BCUT2D eigenvalue weighted by atomic mass is 19.4. The van der Waals surface area contributed by atoms with Gasteiger partial charge in [-0.2, -0.15) is 0 Å². The van der Waals surface area contributed by atoms with Crippen LogP contribution in [0.15, 0.2) is 24.3 Å². The molecule has 1 aromatic rings. The van der Waals surface area contributed by atoms with Crippen LogP contribution in [0.4, 0.5) is 13.2 Å². The maximum Gasteiger partial charge on any atom is 0.573 e. The van der Waals surface area contributed by atoms with E-state index in [1.807, 2.05) is 0 Å². The molecule has 1 aliphatic rings. The summed E-state index contributed by atoms with van der Waals surface area (Å²) in [6, 6.07) is 6.65. The second-order valence-electron chi connectivity index (χ2n) is 5.27. The Hall–Kier alpha value is -1.27. The highest BCUT2D eigenvalue weighted by Crippen LogP contribution is 2.24. The molecule has 0 aliphatic carbocycles. The van der Waals surface area contributed by atoms with Crippen molar-refractivity contribution in [2.75, 3.05) is 19.6 Å². The van der Waals surface area contributed by atoms with Crippen molar-refractivity contribution in [3.05, 3.63) is 29.8 Å². The molecule has 3 nitrogen and oxygen atoms in total. The normalized spacial score (nSPS) is 19.9. The number of likely N-dealkylation sites (N-methyl/N-ethyl adjacent to an activating group) is 1. The van der Waals surface area contributed by atoms with Crippen LogP contribution in [0.1, 0.15) is 25.3 Å². The predicted molar refractivity (Wildman–Crippen MR) is 75.1 cm³/mol. The third-order valence-electron chi connectivity index (χ3n) is 3.67. The Bertz CT molecular complexity index is 434. The second kappa shape index (κ2) is 7.13. The number of hydrogen-bond donors (Lipinski definition) is 1. The van der Waals surface area contributed by atoms with Crippen LogP contribution in [0.25, 0.3) is 0 Å². The van der Waals surface area contributed by atoms with Crippen molar-refractivity contribution in [2.45, 2.75) is 38.7 Å². The number of halogens is 3. The molecule has 0 radical (unpaired) electrons. The van der Waals surface area contributed by atoms with Crippen molar-refractivity contribution < 1.29 is 17.9 Å². The Morgan fingerprint density at radius 3 is 2.62 bits per heavy atom. The van der Waals surface area contributed by atoms with Gasteiger partial charge < -0.3 is 10.1 Å². The van der Waals surface area contributed by atoms with Crippen molar-refractivity contribution in [1.82, 2.24) is 10.2 Å². The summed E-state index contributed by atoms with van der Waals surface area (Å²) in [6.45, 7) is 5.80. The molecule has 118 valence electrons. The lowest BCUT2D eigenvalue weighted by molar-refractivity contribution is -0.274. The molecule has 2 rings (SSSR count). The zero-order valence-corrected chi connectivity index (χ0v) is 12.1. The molecular weight excluding hydrogens is 281 g/mol. The van der Waals surface area contributed by atoms with Gasteiger partial charge in [0.05, 0.1) is 0 Å². The number of nitrogens with one attached hydrogen (secondary N) is 1. The molecule has 0 spiro atoms. The van der Waals surface area contributed by atoms with Gasteiger partial charge in [-0.15, -0.1) is 13.2 Å². The average molecular weight is 302 g/mol. The summed E-state index contributed by atoms with van der Waals surface area (Å²) in [7, 11) is 0. The molecule has 1 N–H and O–H groups in total. The average Bonchev–Trinajstić information content (AvgIpc) is 2.84. The van der Waals surface area contributed by atoms with Crippen LogP contribution in [-0.4, -0.2) is 36.9 Å².